The van der Waals surface area contributed by atoms with Crippen molar-refractivity contribution < 1.29 is 37.0 Å². The van der Waals surface area contributed by atoms with Gasteiger partial charge >= 0.3 is 12.1 Å². The molecule has 0 radical (unpaired) electrons. The largest absolute Gasteiger partial charge is 0.486 e. The minimum Gasteiger partial charge on any atom is -0.486 e. The van der Waals surface area contributed by atoms with Gasteiger partial charge in [-0.3, -0.25) is 14.6 Å². The minimum absolute atomic E-state index is 0.0441. The van der Waals surface area contributed by atoms with E-state index < -0.39 is 46.6 Å². The molecule has 1 heterocycles. The van der Waals surface area contributed by atoms with Gasteiger partial charge in [-0.15, -0.1) is 0 Å². The number of carbonyl (C=O) groups is 2. The molecule has 1 unspecified atom stereocenters. The minimum atomic E-state index is -4.53. The molecule has 1 N–H and O–H groups in total. The van der Waals surface area contributed by atoms with Gasteiger partial charge in [-0.05, 0) is 37.0 Å². The van der Waals surface area contributed by atoms with Crippen LogP contribution in [0.1, 0.15) is 54.7 Å². The van der Waals surface area contributed by atoms with Gasteiger partial charge in [0.1, 0.15) is 18.2 Å². The van der Waals surface area contributed by atoms with Crippen LogP contribution in [0.2, 0.25) is 0 Å². The Morgan fingerprint density at radius 2 is 1.78 bits per heavy atom. The number of rotatable bonds is 8. The number of halogens is 4. The normalized spacial score (nSPS) is 16.7. The van der Waals surface area contributed by atoms with Gasteiger partial charge in [0.25, 0.3) is 0 Å². The predicted molar refractivity (Wildman–Crippen MR) is 124 cm³/mol. The maximum Gasteiger partial charge on any atom is 0.417 e. The van der Waals surface area contributed by atoms with Crippen LogP contribution in [0.4, 0.5) is 17.6 Å². The third-order valence-electron chi connectivity index (χ3n) is 7.43. The van der Waals surface area contributed by atoms with Gasteiger partial charge in [-0.2, -0.15) is 13.2 Å². The fraction of sp³-hybridized carbons (Fsp3) is 0.370. The molecule has 36 heavy (non-hydrogen) atoms. The molecule has 0 spiro atoms. The van der Waals surface area contributed by atoms with Crippen molar-refractivity contribution in [3.8, 4) is 5.75 Å². The summed E-state index contributed by atoms with van der Waals surface area (Å²) < 4.78 is 59.4. The number of ether oxygens (including phenoxy) is 1. The molecule has 190 valence electrons. The molecule has 1 saturated carbocycles. The highest BCUT2D eigenvalue weighted by Crippen LogP contribution is 2.50. The number of aliphatic carboxylic acids is 1. The van der Waals surface area contributed by atoms with E-state index in [9.17, 15) is 32.3 Å². The summed E-state index contributed by atoms with van der Waals surface area (Å²) in [7, 11) is 0. The van der Waals surface area contributed by atoms with Crippen LogP contribution in [-0.4, -0.2) is 21.8 Å². The van der Waals surface area contributed by atoms with Gasteiger partial charge in [0.15, 0.2) is 5.78 Å². The van der Waals surface area contributed by atoms with Crippen molar-refractivity contribution >= 4 is 22.5 Å². The van der Waals surface area contributed by atoms with Crippen LogP contribution in [0.5, 0.6) is 5.75 Å². The zero-order valence-electron chi connectivity index (χ0n) is 19.7. The SMILES string of the molecule is CC(C(=O)c1cc(F)c2ccccc2c1OCc1ccc(C(F)(F)F)cn1)[C@H](C)C1(C(=O)O)CCC1. The summed E-state index contributed by atoms with van der Waals surface area (Å²) in [6.07, 6.45) is -2.14. The molecule has 3 aromatic rings. The summed E-state index contributed by atoms with van der Waals surface area (Å²) in [5.74, 6) is -3.21. The second kappa shape index (κ2) is 9.52. The lowest BCUT2D eigenvalue weighted by Gasteiger charge is -2.44. The standard InChI is InChI=1S/C27H25F4NO4/c1-15(16(2)26(25(34)35)10-5-11-26)23(33)21-12-22(28)19-6-3-4-7-20(19)24(21)36-14-18-9-8-17(13-32-18)27(29,30)31/h3-4,6-9,12-13,15-16H,5,10-11,14H2,1-2H3,(H,34,35)/t15?,16-/m0/s1. The molecule has 2 atom stereocenters. The van der Waals surface area contributed by atoms with E-state index in [1.165, 1.54) is 12.1 Å². The van der Waals surface area contributed by atoms with Crippen molar-refractivity contribution in [2.24, 2.45) is 17.3 Å². The number of hydrogen-bond acceptors (Lipinski definition) is 4. The van der Waals surface area contributed by atoms with E-state index in [0.717, 1.165) is 18.6 Å². The molecule has 0 aliphatic heterocycles. The molecule has 9 heteroatoms. The topological polar surface area (TPSA) is 76.5 Å². The highest BCUT2D eigenvalue weighted by Gasteiger charge is 2.51. The van der Waals surface area contributed by atoms with E-state index >= 15 is 0 Å². The number of ketones is 1. The molecule has 1 aliphatic carbocycles. The Morgan fingerprint density at radius 3 is 2.31 bits per heavy atom. The van der Waals surface area contributed by atoms with Crippen molar-refractivity contribution in [3.63, 3.8) is 0 Å². The van der Waals surface area contributed by atoms with Crippen molar-refractivity contribution in [1.29, 1.82) is 0 Å². The van der Waals surface area contributed by atoms with Crippen LogP contribution in [0.25, 0.3) is 10.8 Å². The number of carbonyl (C=O) groups excluding carboxylic acids is 1. The van der Waals surface area contributed by atoms with Gasteiger partial charge in [-0.25, -0.2) is 4.39 Å². The third kappa shape index (κ3) is 4.54. The molecule has 4 rings (SSSR count). The van der Waals surface area contributed by atoms with E-state index in [4.69, 9.17) is 4.74 Å². The Balaban J connectivity index is 1.69. The highest BCUT2D eigenvalue weighted by atomic mass is 19.4. The van der Waals surface area contributed by atoms with Crippen LogP contribution in [0, 0.1) is 23.1 Å². The van der Waals surface area contributed by atoms with Crippen LogP contribution in [-0.2, 0) is 17.6 Å². The molecule has 0 saturated heterocycles. The highest BCUT2D eigenvalue weighted by molar-refractivity contribution is 6.06. The second-order valence-corrected chi connectivity index (χ2v) is 9.36. The number of carboxylic acid groups (broad SMARTS) is 1. The number of aromatic nitrogens is 1. The quantitative estimate of drug-likeness (QED) is 0.274. The maximum absolute atomic E-state index is 15.0. The molecule has 0 bridgehead atoms. The fourth-order valence-corrected chi connectivity index (χ4v) is 4.84. The lowest BCUT2D eigenvalue weighted by Crippen LogP contribution is -2.47. The summed E-state index contributed by atoms with van der Waals surface area (Å²) >= 11 is 0. The van der Waals surface area contributed by atoms with Gasteiger partial charge in [-0.1, -0.05) is 44.5 Å². The van der Waals surface area contributed by atoms with E-state index in [2.05, 4.69) is 4.98 Å². The number of carboxylic acids is 1. The summed E-state index contributed by atoms with van der Waals surface area (Å²) in [6.45, 7) is 3.10. The number of alkyl halides is 3. The Labute approximate surface area is 205 Å². The van der Waals surface area contributed by atoms with Crippen LogP contribution >= 0.6 is 0 Å². The smallest absolute Gasteiger partial charge is 0.417 e. The van der Waals surface area contributed by atoms with Crippen LogP contribution in [0.3, 0.4) is 0 Å². The van der Waals surface area contributed by atoms with Gasteiger partial charge in [0.2, 0.25) is 0 Å². The first-order valence-corrected chi connectivity index (χ1v) is 11.6. The van der Waals surface area contributed by atoms with Crippen molar-refractivity contribution in [3.05, 3.63) is 71.3 Å². The number of fused-ring (bicyclic) bond motifs is 1. The van der Waals surface area contributed by atoms with Gasteiger partial charge in [0.05, 0.1) is 22.2 Å². The fourth-order valence-electron chi connectivity index (χ4n) is 4.84. The lowest BCUT2D eigenvalue weighted by atomic mass is 9.58. The van der Waals surface area contributed by atoms with Crippen molar-refractivity contribution in [1.82, 2.24) is 4.98 Å². The monoisotopic (exact) mass is 503 g/mol. The Hall–Kier alpha value is -3.49. The maximum atomic E-state index is 15.0. The molecule has 0 amide bonds. The van der Waals surface area contributed by atoms with E-state index in [1.54, 1.807) is 32.0 Å². The Kier molecular flexibility index (Phi) is 6.77. The van der Waals surface area contributed by atoms with Crippen LogP contribution in [0.15, 0.2) is 48.7 Å². The summed E-state index contributed by atoms with van der Waals surface area (Å²) in [4.78, 5) is 29.4. The molecule has 5 nitrogen and oxygen atoms in total. The summed E-state index contributed by atoms with van der Waals surface area (Å²) in [5, 5.41) is 10.3. The second-order valence-electron chi connectivity index (χ2n) is 9.36. The first kappa shape index (κ1) is 25.6. The zero-order valence-corrected chi connectivity index (χ0v) is 19.7. The number of pyridine rings is 1. The average molecular weight is 503 g/mol. The molecule has 1 aliphatic rings. The number of Topliss-reactive ketones (excluding diaryl/α,β-unsaturated/α-hetero) is 1. The summed E-state index contributed by atoms with van der Waals surface area (Å²) in [5.41, 5.74) is -1.76. The summed E-state index contributed by atoms with van der Waals surface area (Å²) in [6, 6.07) is 9.54. The van der Waals surface area contributed by atoms with E-state index in [-0.39, 0.29) is 29.0 Å². The molecule has 1 fully saturated rings. The van der Waals surface area contributed by atoms with Gasteiger partial charge < -0.3 is 9.84 Å². The average Bonchev–Trinajstić information content (AvgIpc) is 2.81. The first-order chi connectivity index (χ1) is 17.0. The molecule has 1 aromatic heterocycles. The molecular weight excluding hydrogens is 478 g/mol. The number of benzene rings is 2. The molecular formula is C27H25F4NO4. The van der Waals surface area contributed by atoms with E-state index in [1.807, 2.05) is 0 Å². The third-order valence-corrected chi connectivity index (χ3v) is 7.43. The van der Waals surface area contributed by atoms with Crippen molar-refractivity contribution in [2.75, 3.05) is 0 Å². The Bertz CT molecular complexity index is 1300. The molecule has 2 aromatic carbocycles. The van der Waals surface area contributed by atoms with E-state index in [0.29, 0.717) is 24.4 Å². The Morgan fingerprint density at radius 1 is 1.11 bits per heavy atom. The number of nitrogens with zero attached hydrogens (tertiary/aromatic N) is 1. The van der Waals surface area contributed by atoms with Crippen LogP contribution < -0.4 is 4.74 Å². The predicted octanol–water partition coefficient (Wildman–Crippen LogP) is 6.68. The van der Waals surface area contributed by atoms with Crippen molar-refractivity contribution in [2.45, 2.75) is 45.9 Å². The zero-order chi connectivity index (χ0) is 26.3. The van der Waals surface area contributed by atoms with Gasteiger partial charge in [0, 0.05) is 22.9 Å². The number of hydrogen-bond donors (Lipinski definition) is 1. The lowest BCUT2D eigenvalue weighted by molar-refractivity contribution is -0.160. The first-order valence-electron chi connectivity index (χ1n) is 11.6.